The Kier molecular flexibility index (Phi) is 3.65. The Morgan fingerprint density at radius 1 is 1.35 bits per heavy atom. The molecule has 1 fully saturated rings. The van der Waals surface area contributed by atoms with E-state index < -0.39 is 0 Å². The number of nitrogens with one attached hydrogen (secondary N) is 1. The predicted octanol–water partition coefficient (Wildman–Crippen LogP) is 4.23. The number of aromatic nitrogens is 2. The molecule has 0 saturated heterocycles. The highest BCUT2D eigenvalue weighted by Crippen LogP contribution is 2.36. The minimum atomic E-state index is 0.218. The van der Waals surface area contributed by atoms with E-state index in [1.807, 2.05) is 12.1 Å². The summed E-state index contributed by atoms with van der Waals surface area (Å²) >= 11 is 11.8. The van der Waals surface area contributed by atoms with Crippen LogP contribution in [-0.4, -0.2) is 34.1 Å². The Morgan fingerprint density at radius 3 is 2.70 bits per heavy atom. The molecule has 3 rings (SSSR count). The van der Waals surface area contributed by atoms with Gasteiger partial charge in [-0.25, -0.2) is 0 Å². The third-order valence-electron chi connectivity index (χ3n) is 4.69. The zero-order chi connectivity index (χ0) is 14.3. The largest absolute Gasteiger partial charge is 0.329 e. The van der Waals surface area contributed by atoms with E-state index in [1.54, 1.807) is 0 Å². The lowest BCUT2D eigenvalue weighted by atomic mass is 9.96. The van der Waals surface area contributed by atoms with Crippen LogP contribution in [0.25, 0.3) is 11.0 Å². The summed E-state index contributed by atoms with van der Waals surface area (Å²) in [5.74, 6) is 0. The van der Waals surface area contributed by atoms with Crippen LogP contribution in [0, 0.1) is 4.77 Å². The van der Waals surface area contributed by atoms with Gasteiger partial charge in [0.1, 0.15) is 0 Å². The molecule has 1 aromatic heterocycles. The van der Waals surface area contributed by atoms with Crippen LogP contribution >= 0.6 is 23.8 Å². The molecule has 1 saturated carbocycles. The molecule has 1 N–H and O–H groups in total. The van der Waals surface area contributed by atoms with Crippen molar-refractivity contribution in [2.75, 3.05) is 14.1 Å². The number of likely N-dealkylation sites (N-methyl/N-ethyl adjacent to an activating group) is 1. The second-order valence-corrected chi connectivity index (χ2v) is 6.77. The van der Waals surface area contributed by atoms with Gasteiger partial charge in [-0.05, 0) is 51.3 Å². The molecule has 1 aliphatic carbocycles. The topological polar surface area (TPSA) is 24.0 Å². The Labute approximate surface area is 129 Å². The van der Waals surface area contributed by atoms with Crippen molar-refractivity contribution in [2.45, 2.75) is 37.8 Å². The van der Waals surface area contributed by atoms with Crippen molar-refractivity contribution in [2.24, 2.45) is 0 Å². The van der Waals surface area contributed by atoms with Gasteiger partial charge in [-0.3, -0.25) is 0 Å². The van der Waals surface area contributed by atoms with E-state index in [4.69, 9.17) is 23.8 Å². The van der Waals surface area contributed by atoms with E-state index >= 15 is 0 Å². The summed E-state index contributed by atoms with van der Waals surface area (Å²) in [7, 11) is 4.35. The third-order valence-corrected chi connectivity index (χ3v) is 5.33. The van der Waals surface area contributed by atoms with E-state index in [2.05, 4.69) is 34.6 Å². The van der Waals surface area contributed by atoms with Gasteiger partial charge in [0.15, 0.2) is 4.77 Å². The molecule has 1 aliphatic rings. The first-order chi connectivity index (χ1) is 9.53. The van der Waals surface area contributed by atoms with E-state index in [-0.39, 0.29) is 5.54 Å². The van der Waals surface area contributed by atoms with Crippen LogP contribution < -0.4 is 0 Å². The molecule has 0 bridgehead atoms. The van der Waals surface area contributed by atoms with Gasteiger partial charge < -0.3 is 14.5 Å². The number of hydrogen-bond donors (Lipinski definition) is 1. The predicted molar refractivity (Wildman–Crippen MR) is 87.0 cm³/mol. The summed E-state index contributed by atoms with van der Waals surface area (Å²) in [6.45, 7) is 0.930. The van der Waals surface area contributed by atoms with Gasteiger partial charge in [0.2, 0.25) is 0 Å². The highest BCUT2D eigenvalue weighted by Gasteiger charge is 2.36. The first kappa shape index (κ1) is 14.1. The van der Waals surface area contributed by atoms with Gasteiger partial charge in [0.25, 0.3) is 0 Å². The molecular formula is C15H20ClN3S. The van der Waals surface area contributed by atoms with Gasteiger partial charge in [-0.2, -0.15) is 0 Å². The molecule has 1 aromatic carbocycles. The molecule has 20 heavy (non-hydrogen) atoms. The van der Waals surface area contributed by atoms with Crippen molar-refractivity contribution < 1.29 is 0 Å². The molecule has 108 valence electrons. The fraction of sp³-hybridized carbons (Fsp3) is 0.533. The zero-order valence-corrected chi connectivity index (χ0v) is 13.5. The number of fused-ring (bicyclic) bond motifs is 1. The molecule has 2 aromatic rings. The van der Waals surface area contributed by atoms with Crippen LogP contribution in [0.5, 0.6) is 0 Å². The molecule has 0 unspecified atom stereocenters. The molecule has 0 aliphatic heterocycles. The fourth-order valence-corrected chi connectivity index (χ4v) is 3.86. The summed E-state index contributed by atoms with van der Waals surface area (Å²) < 4.78 is 2.98. The first-order valence-corrected chi connectivity index (χ1v) is 7.87. The molecule has 3 nitrogen and oxygen atoms in total. The lowest BCUT2D eigenvalue weighted by Gasteiger charge is -2.36. The summed E-state index contributed by atoms with van der Waals surface area (Å²) in [4.78, 5) is 5.62. The summed E-state index contributed by atoms with van der Waals surface area (Å²) in [5, 5.41) is 0.734. The monoisotopic (exact) mass is 309 g/mol. The molecule has 0 spiro atoms. The van der Waals surface area contributed by atoms with Crippen molar-refractivity contribution in [3.8, 4) is 0 Å². The lowest BCUT2D eigenvalue weighted by Crippen LogP contribution is -2.45. The van der Waals surface area contributed by atoms with Gasteiger partial charge in [0.05, 0.1) is 16.1 Å². The highest BCUT2D eigenvalue weighted by atomic mass is 35.5. The van der Waals surface area contributed by atoms with Gasteiger partial charge in [-0.1, -0.05) is 30.5 Å². The maximum Gasteiger partial charge on any atom is 0.178 e. The maximum atomic E-state index is 6.25. The van der Waals surface area contributed by atoms with E-state index in [9.17, 15) is 0 Å². The van der Waals surface area contributed by atoms with Gasteiger partial charge in [0, 0.05) is 12.1 Å². The smallest absolute Gasteiger partial charge is 0.178 e. The van der Waals surface area contributed by atoms with Crippen LogP contribution in [0.3, 0.4) is 0 Å². The van der Waals surface area contributed by atoms with Gasteiger partial charge in [-0.15, -0.1) is 0 Å². The van der Waals surface area contributed by atoms with Crippen LogP contribution in [0.1, 0.15) is 25.7 Å². The van der Waals surface area contributed by atoms with Crippen molar-refractivity contribution in [3.05, 3.63) is 28.0 Å². The molecule has 5 heteroatoms. The number of rotatable bonds is 3. The second kappa shape index (κ2) is 5.17. The number of nitrogens with zero attached hydrogens (tertiary/aromatic N) is 2. The normalized spacial score (nSPS) is 18.2. The van der Waals surface area contributed by atoms with E-state index in [1.165, 1.54) is 25.7 Å². The number of imidazole rings is 1. The summed E-state index contributed by atoms with van der Waals surface area (Å²) in [6, 6.07) is 5.98. The van der Waals surface area contributed by atoms with Crippen molar-refractivity contribution in [1.82, 2.24) is 14.5 Å². The Hall–Kier alpha value is -0.840. The van der Waals surface area contributed by atoms with Crippen LogP contribution in [0.4, 0.5) is 0 Å². The molecule has 1 heterocycles. The minimum absolute atomic E-state index is 0.218. The fourth-order valence-electron chi connectivity index (χ4n) is 3.38. The van der Waals surface area contributed by atoms with Crippen LogP contribution in [0.2, 0.25) is 5.02 Å². The number of hydrogen-bond acceptors (Lipinski definition) is 2. The standard InChI is InChI=1S/C15H20ClN3S/c1-18(2)15(8-3-4-9-15)10-19-12-7-5-6-11(16)13(12)17-14(19)20/h5-7H,3-4,8-10H2,1-2H3,(H,17,20). The Balaban J connectivity index is 2.09. The van der Waals surface area contributed by atoms with E-state index in [0.717, 1.165) is 27.4 Å². The van der Waals surface area contributed by atoms with Crippen molar-refractivity contribution in [3.63, 3.8) is 0 Å². The number of para-hydroxylation sites is 1. The average Bonchev–Trinajstić information content (AvgIpc) is 2.99. The van der Waals surface area contributed by atoms with Crippen LogP contribution in [-0.2, 0) is 6.54 Å². The minimum Gasteiger partial charge on any atom is -0.329 e. The Morgan fingerprint density at radius 2 is 2.05 bits per heavy atom. The number of halogens is 1. The molecule has 0 radical (unpaired) electrons. The number of aromatic amines is 1. The number of H-pyrrole nitrogens is 1. The zero-order valence-electron chi connectivity index (χ0n) is 11.9. The van der Waals surface area contributed by atoms with Crippen LogP contribution in [0.15, 0.2) is 18.2 Å². The van der Waals surface area contributed by atoms with Crippen molar-refractivity contribution in [1.29, 1.82) is 0 Å². The maximum absolute atomic E-state index is 6.25. The Bertz CT molecular complexity index is 680. The highest BCUT2D eigenvalue weighted by molar-refractivity contribution is 7.71. The SMILES string of the molecule is CN(C)C1(Cn2c(=S)[nH]c3c(Cl)cccc32)CCCC1. The molecular weight excluding hydrogens is 290 g/mol. The number of benzene rings is 1. The first-order valence-electron chi connectivity index (χ1n) is 7.08. The lowest BCUT2D eigenvalue weighted by molar-refractivity contribution is 0.135. The average molecular weight is 310 g/mol. The second-order valence-electron chi connectivity index (χ2n) is 5.98. The molecule has 0 amide bonds. The molecule has 0 atom stereocenters. The van der Waals surface area contributed by atoms with Gasteiger partial charge >= 0.3 is 0 Å². The quantitative estimate of drug-likeness (QED) is 0.858. The summed E-state index contributed by atoms with van der Waals surface area (Å²) in [6.07, 6.45) is 5.06. The van der Waals surface area contributed by atoms with E-state index in [0.29, 0.717) is 0 Å². The van der Waals surface area contributed by atoms with Crippen molar-refractivity contribution >= 4 is 34.9 Å². The third kappa shape index (κ3) is 2.20. The summed E-state index contributed by atoms with van der Waals surface area (Å²) in [5.41, 5.74) is 2.28.